The van der Waals surface area contributed by atoms with E-state index >= 15 is 0 Å². The average molecular weight is 183 g/mol. The zero-order chi connectivity index (χ0) is 7.94. The van der Waals surface area contributed by atoms with E-state index in [4.69, 9.17) is 4.89 Å². The highest BCUT2D eigenvalue weighted by Gasteiger charge is 2.14. The largest absolute Gasteiger partial charge is 0.317 e. The quantitative estimate of drug-likeness (QED) is 0.306. The molecule has 1 aliphatic heterocycles. The van der Waals surface area contributed by atoms with Gasteiger partial charge in [-0.05, 0) is 25.9 Å². The van der Waals surface area contributed by atoms with Gasteiger partial charge in [0, 0.05) is 0 Å². The second-order valence-electron chi connectivity index (χ2n) is 2.24. The first-order valence-corrected chi connectivity index (χ1v) is 4.06. The fourth-order valence-electron chi connectivity index (χ4n) is 0.974. The van der Waals surface area contributed by atoms with Crippen molar-refractivity contribution in [2.75, 3.05) is 13.1 Å². The summed E-state index contributed by atoms with van der Waals surface area (Å²) in [5.74, 6) is 0. The molecule has 0 saturated carbocycles. The summed E-state index contributed by atoms with van der Waals surface area (Å²) in [6.07, 6.45) is 1.74. The van der Waals surface area contributed by atoms with E-state index in [1.165, 1.54) is 0 Å². The maximum Gasteiger partial charge on any atom is 0.245 e. The van der Waals surface area contributed by atoms with Crippen LogP contribution in [0.25, 0.3) is 0 Å². The Morgan fingerprint density at radius 3 is 2.73 bits per heavy atom. The summed E-state index contributed by atoms with van der Waals surface area (Å²) in [6.45, 7) is 1.80. The van der Waals surface area contributed by atoms with Crippen molar-refractivity contribution >= 4 is 12.4 Å². The Hall–Kier alpha value is 0.120. The predicted molar refractivity (Wildman–Crippen MR) is 37.8 cm³/mol. The van der Waals surface area contributed by atoms with Crippen molar-refractivity contribution in [3.63, 3.8) is 0 Å². The Morgan fingerprint density at radius 1 is 1.36 bits per heavy atom. The molecule has 0 atom stereocenters. The SMILES string of the molecule is FSOOOC1CCNCC1. The molecule has 0 aromatic carbocycles. The van der Waals surface area contributed by atoms with Crippen LogP contribution in [0.1, 0.15) is 12.8 Å². The van der Waals surface area contributed by atoms with E-state index in [-0.39, 0.29) is 18.5 Å². The summed E-state index contributed by atoms with van der Waals surface area (Å²) in [4.78, 5) is 4.70. The highest BCUT2D eigenvalue weighted by Crippen LogP contribution is 2.10. The smallest absolute Gasteiger partial charge is 0.245 e. The number of piperidine rings is 1. The molecule has 0 aliphatic carbocycles. The molecule has 0 bridgehead atoms. The lowest BCUT2D eigenvalue weighted by molar-refractivity contribution is -0.479. The molecule has 11 heavy (non-hydrogen) atoms. The zero-order valence-corrected chi connectivity index (χ0v) is 6.73. The Labute approximate surface area is 68.7 Å². The van der Waals surface area contributed by atoms with Crippen LogP contribution in [0, 0.1) is 0 Å². The molecule has 1 heterocycles. The molecular weight excluding hydrogens is 173 g/mol. The third-order valence-electron chi connectivity index (χ3n) is 1.52. The molecule has 0 aromatic heterocycles. The normalized spacial score (nSPS) is 20.5. The van der Waals surface area contributed by atoms with Gasteiger partial charge in [-0.3, -0.25) is 0 Å². The van der Waals surface area contributed by atoms with Gasteiger partial charge in [0.15, 0.2) is 0 Å². The van der Waals surface area contributed by atoms with Gasteiger partial charge >= 0.3 is 0 Å². The highest BCUT2D eigenvalue weighted by atomic mass is 32.2. The molecule has 0 spiro atoms. The van der Waals surface area contributed by atoms with E-state index in [1.807, 2.05) is 0 Å². The van der Waals surface area contributed by atoms with Crippen LogP contribution in [0.2, 0.25) is 0 Å². The van der Waals surface area contributed by atoms with Gasteiger partial charge in [-0.1, -0.05) is 9.37 Å². The molecule has 1 N–H and O–H groups in total. The fraction of sp³-hybridized carbons (Fsp3) is 1.00. The van der Waals surface area contributed by atoms with E-state index in [9.17, 15) is 3.89 Å². The maximum absolute atomic E-state index is 11.2. The first-order chi connectivity index (χ1) is 5.43. The minimum Gasteiger partial charge on any atom is -0.317 e. The summed E-state index contributed by atoms with van der Waals surface area (Å²) >= 11 is -0.373. The number of rotatable bonds is 4. The lowest BCUT2D eigenvalue weighted by Crippen LogP contribution is -2.32. The molecule has 0 unspecified atom stereocenters. The van der Waals surface area contributed by atoms with Crippen molar-refractivity contribution in [2.45, 2.75) is 18.9 Å². The second kappa shape index (κ2) is 5.73. The maximum atomic E-state index is 11.2. The number of nitrogens with one attached hydrogen (secondary N) is 1. The summed E-state index contributed by atoms with van der Waals surface area (Å²) in [7, 11) is 0. The van der Waals surface area contributed by atoms with Crippen LogP contribution in [0.5, 0.6) is 0 Å². The van der Waals surface area contributed by atoms with Crippen molar-refractivity contribution in [1.29, 1.82) is 0 Å². The van der Waals surface area contributed by atoms with Crippen LogP contribution >= 0.6 is 12.4 Å². The number of hydrogen-bond donors (Lipinski definition) is 1. The summed E-state index contributed by atoms with van der Waals surface area (Å²) < 4.78 is 15.1. The van der Waals surface area contributed by atoms with Crippen LogP contribution in [0.4, 0.5) is 3.89 Å². The standard InChI is InChI=1S/C5H10FNO3S/c6-11-10-9-8-5-1-3-7-4-2-5/h5,7H,1-4H2. The molecule has 0 aromatic rings. The Morgan fingerprint density at radius 2 is 2.09 bits per heavy atom. The summed E-state index contributed by atoms with van der Waals surface area (Å²) in [5, 5.41) is 7.23. The van der Waals surface area contributed by atoms with Gasteiger partial charge in [0.2, 0.25) is 12.4 Å². The lowest BCUT2D eigenvalue weighted by atomic mass is 10.1. The molecule has 4 nitrogen and oxygen atoms in total. The lowest BCUT2D eigenvalue weighted by Gasteiger charge is -2.19. The van der Waals surface area contributed by atoms with E-state index < -0.39 is 0 Å². The van der Waals surface area contributed by atoms with E-state index in [1.54, 1.807) is 0 Å². The zero-order valence-electron chi connectivity index (χ0n) is 5.92. The third kappa shape index (κ3) is 3.88. The van der Waals surface area contributed by atoms with E-state index in [0.717, 1.165) is 25.9 Å². The van der Waals surface area contributed by atoms with Gasteiger partial charge in [-0.15, -0.1) is 3.89 Å². The van der Waals surface area contributed by atoms with Crippen LogP contribution in [-0.2, 0) is 14.3 Å². The molecular formula is C5H10FNO3S. The Kier molecular flexibility index (Phi) is 4.80. The first kappa shape index (κ1) is 9.21. The van der Waals surface area contributed by atoms with Gasteiger partial charge in [0.05, 0.1) is 6.10 Å². The minimum atomic E-state index is -0.373. The molecule has 0 radical (unpaired) electrons. The molecule has 0 amide bonds. The molecule has 66 valence electrons. The van der Waals surface area contributed by atoms with Crippen molar-refractivity contribution in [1.82, 2.24) is 5.32 Å². The Bertz CT molecular complexity index is 102. The van der Waals surface area contributed by atoms with Crippen LogP contribution in [0.3, 0.4) is 0 Å². The number of halogens is 1. The first-order valence-electron chi connectivity index (χ1n) is 3.41. The second-order valence-corrected chi connectivity index (χ2v) is 2.51. The topological polar surface area (TPSA) is 39.7 Å². The summed E-state index contributed by atoms with van der Waals surface area (Å²) in [6, 6.07) is 0. The number of hydrogen-bond acceptors (Lipinski definition) is 5. The fourth-order valence-corrected chi connectivity index (χ4v) is 1.03. The summed E-state index contributed by atoms with van der Waals surface area (Å²) in [5.41, 5.74) is 0. The molecule has 1 rings (SSSR count). The van der Waals surface area contributed by atoms with Crippen molar-refractivity contribution in [2.24, 2.45) is 0 Å². The molecule has 1 aliphatic rings. The third-order valence-corrected chi connectivity index (χ3v) is 1.62. The molecule has 1 fully saturated rings. The van der Waals surface area contributed by atoms with Crippen molar-refractivity contribution in [3.8, 4) is 0 Å². The van der Waals surface area contributed by atoms with Gasteiger partial charge < -0.3 is 5.32 Å². The van der Waals surface area contributed by atoms with Crippen LogP contribution < -0.4 is 5.32 Å². The highest BCUT2D eigenvalue weighted by molar-refractivity contribution is 7.89. The monoisotopic (exact) mass is 183 g/mol. The van der Waals surface area contributed by atoms with E-state index in [2.05, 4.69) is 14.7 Å². The van der Waals surface area contributed by atoms with E-state index in [0.29, 0.717) is 0 Å². The van der Waals surface area contributed by atoms with Gasteiger partial charge in [-0.25, -0.2) is 4.89 Å². The van der Waals surface area contributed by atoms with Gasteiger partial charge in [0.1, 0.15) is 0 Å². The van der Waals surface area contributed by atoms with Crippen LogP contribution in [-0.4, -0.2) is 19.2 Å². The van der Waals surface area contributed by atoms with Crippen molar-refractivity contribution in [3.05, 3.63) is 0 Å². The molecule has 1 saturated heterocycles. The predicted octanol–water partition coefficient (Wildman–Crippen LogP) is 1.15. The average Bonchev–Trinajstić information content (AvgIpc) is 2.07. The Balaban J connectivity index is 1.96. The van der Waals surface area contributed by atoms with Gasteiger partial charge in [0.25, 0.3) is 0 Å². The van der Waals surface area contributed by atoms with Crippen LogP contribution in [0.15, 0.2) is 0 Å². The minimum absolute atomic E-state index is 0.0170. The van der Waals surface area contributed by atoms with Gasteiger partial charge in [-0.2, -0.15) is 0 Å². The molecule has 6 heteroatoms. The van der Waals surface area contributed by atoms with Crippen molar-refractivity contribution < 1.29 is 18.1 Å².